The second-order valence-corrected chi connectivity index (χ2v) is 14.9. The van der Waals surface area contributed by atoms with Crippen LogP contribution in [0, 0.1) is 0 Å². The van der Waals surface area contributed by atoms with E-state index in [-0.39, 0.29) is 0 Å². The average Bonchev–Trinajstić information content (AvgIpc) is 3.64. The molecule has 0 bridgehead atoms. The first kappa shape index (κ1) is 33.0. The lowest BCUT2D eigenvalue weighted by Gasteiger charge is -2.32. The van der Waals surface area contributed by atoms with E-state index in [4.69, 9.17) is 9.31 Å². The molecule has 258 valence electrons. The Morgan fingerprint density at radius 1 is 0.434 bits per heavy atom. The number of anilines is 3. The van der Waals surface area contributed by atoms with Gasteiger partial charge in [-0.2, -0.15) is 0 Å². The topological polar surface area (TPSA) is 26.6 Å². The average molecular weight is 689 g/mol. The van der Waals surface area contributed by atoms with Gasteiger partial charge in [-0.15, -0.1) is 0 Å². The quantitative estimate of drug-likeness (QED) is 0.156. The molecule has 1 aliphatic heterocycles. The predicted octanol–water partition coefficient (Wildman–Crippen LogP) is 11.9. The number of para-hydroxylation sites is 2. The Morgan fingerprint density at radius 2 is 0.887 bits per heavy atom. The monoisotopic (exact) mass is 688 g/mol. The van der Waals surface area contributed by atoms with Crippen molar-refractivity contribution < 1.29 is 9.31 Å². The Kier molecular flexibility index (Phi) is 8.07. The third kappa shape index (κ3) is 5.92. The van der Waals surface area contributed by atoms with Crippen molar-refractivity contribution in [2.45, 2.75) is 38.9 Å². The van der Waals surface area contributed by atoms with Crippen molar-refractivity contribution >= 4 is 51.4 Å². The van der Waals surface area contributed by atoms with Gasteiger partial charge >= 0.3 is 7.12 Å². The van der Waals surface area contributed by atoms with Crippen molar-refractivity contribution in [3.63, 3.8) is 0 Å². The standard InChI is InChI=1S/C48H41BN2O2/c1-47(2)48(3,4)53-49(52-47)38-24-30-42(31-25-38)50(40-26-19-35(20-27-40)34-13-7-5-8-14-34)41-28-21-36(22-29-41)37-23-32-46-44(33-37)43-17-11-12-18-45(43)51(46)39-15-9-6-10-16-39/h5-33H,1-4H3. The number of nitrogens with zero attached hydrogens (tertiary/aromatic N) is 2. The highest BCUT2D eigenvalue weighted by atomic mass is 16.7. The molecule has 1 aliphatic rings. The van der Waals surface area contributed by atoms with Gasteiger partial charge in [-0.25, -0.2) is 0 Å². The summed E-state index contributed by atoms with van der Waals surface area (Å²) in [6.45, 7) is 8.36. The van der Waals surface area contributed by atoms with Crippen LogP contribution in [-0.2, 0) is 9.31 Å². The van der Waals surface area contributed by atoms with Gasteiger partial charge in [-0.05, 0) is 122 Å². The minimum absolute atomic E-state index is 0.395. The van der Waals surface area contributed by atoms with Crippen LogP contribution in [0.5, 0.6) is 0 Å². The van der Waals surface area contributed by atoms with Gasteiger partial charge < -0.3 is 18.8 Å². The molecule has 2 heterocycles. The molecule has 1 saturated heterocycles. The van der Waals surface area contributed by atoms with E-state index in [0.717, 1.165) is 28.2 Å². The number of fused-ring (bicyclic) bond motifs is 3. The Bertz CT molecular complexity index is 2530. The molecule has 8 aromatic rings. The lowest BCUT2D eigenvalue weighted by Crippen LogP contribution is -2.41. The van der Waals surface area contributed by atoms with E-state index in [1.807, 2.05) is 0 Å². The first-order chi connectivity index (χ1) is 25.8. The van der Waals surface area contributed by atoms with Gasteiger partial charge in [0.25, 0.3) is 0 Å². The van der Waals surface area contributed by atoms with Gasteiger partial charge in [0.15, 0.2) is 0 Å². The van der Waals surface area contributed by atoms with Crippen LogP contribution in [0.1, 0.15) is 27.7 Å². The number of hydrogen-bond donors (Lipinski definition) is 0. The molecule has 1 fully saturated rings. The first-order valence-electron chi connectivity index (χ1n) is 18.4. The Hall–Kier alpha value is -5.88. The maximum Gasteiger partial charge on any atom is 0.494 e. The van der Waals surface area contributed by atoms with E-state index in [1.165, 1.54) is 44.1 Å². The van der Waals surface area contributed by atoms with E-state index >= 15 is 0 Å². The van der Waals surface area contributed by atoms with Crippen molar-refractivity contribution in [3.8, 4) is 27.9 Å². The van der Waals surface area contributed by atoms with Gasteiger partial charge in [-0.3, -0.25) is 0 Å². The highest BCUT2D eigenvalue weighted by molar-refractivity contribution is 6.62. The minimum Gasteiger partial charge on any atom is -0.399 e. The second kappa shape index (κ2) is 13.0. The second-order valence-electron chi connectivity index (χ2n) is 14.9. The minimum atomic E-state index is -0.411. The third-order valence-corrected chi connectivity index (χ3v) is 11.1. The van der Waals surface area contributed by atoms with Crippen LogP contribution >= 0.6 is 0 Å². The summed E-state index contributed by atoms with van der Waals surface area (Å²) in [7, 11) is -0.411. The summed E-state index contributed by atoms with van der Waals surface area (Å²) in [5.74, 6) is 0. The molecular weight excluding hydrogens is 647 g/mol. The van der Waals surface area contributed by atoms with Gasteiger partial charge in [0, 0.05) is 33.5 Å². The number of aromatic nitrogens is 1. The normalized spacial score (nSPS) is 14.9. The third-order valence-electron chi connectivity index (χ3n) is 11.1. The largest absolute Gasteiger partial charge is 0.494 e. The first-order valence-corrected chi connectivity index (χ1v) is 18.4. The van der Waals surface area contributed by atoms with Crippen LogP contribution < -0.4 is 10.4 Å². The summed E-state index contributed by atoms with van der Waals surface area (Å²) < 4.78 is 15.1. The predicted molar refractivity (Wildman–Crippen MR) is 222 cm³/mol. The highest BCUT2D eigenvalue weighted by Gasteiger charge is 2.51. The molecule has 0 N–H and O–H groups in total. The Balaban J connectivity index is 1.08. The fourth-order valence-electron chi connectivity index (χ4n) is 7.45. The van der Waals surface area contributed by atoms with E-state index < -0.39 is 18.3 Å². The van der Waals surface area contributed by atoms with E-state index in [2.05, 4.69) is 213 Å². The van der Waals surface area contributed by atoms with Crippen molar-refractivity contribution in [1.29, 1.82) is 0 Å². The van der Waals surface area contributed by atoms with Gasteiger partial charge in [0.2, 0.25) is 0 Å². The molecule has 4 nitrogen and oxygen atoms in total. The molecule has 0 amide bonds. The van der Waals surface area contributed by atoms with Crippen molar-refractivity contribution in [2.24, 2.45) is 0 Å². The number of benzene rings is 7. The van der Waals surface area contributed by atoms with Crippen LogP contribution in [0.2, 0.25) is 0 Å². The van der Waals surface area contributed by atoms with Crippen LogP contribution in [0.4, 0.5) is 17.1 Å². The van der Waals surface area contributed by atoms with Crippen molar-refractivity contribution in [2.75, 3.05) is 4.90 Å². The summed E-state index contributed by atoms with van der Waals surface area (Å²) in [6.07, 6.45) is 0. The molecule has 9 rings (SSSR count). The lowest BCUT2D eigenvalue weighted by molar-refractivity contribution is 0.00578. The van der Waals surface area contributed by atoms with Crippen LogP contribution in [0.3, 0.4) is 0 Å². The summed E-state index contributed by atoms with van der Waals surface area (Å²) in [4.78, 5) is 2.31. The lowest BCUT2D eigenvalue weighted by atomic mass is 9.79. The molecule has 7 aromatic carbocycles. The van der Waals surface area contributed by atoms with Crippen molar-refractivity contribution in [3.05, 3.63) is 176 Å². The SMILES string of the molecule is CC1(C)OB(c2ccc(N(c3ccc(-c4ccccc4)cc3)c3ccc(-c4ccc5c(c4)c4ccccc4n5-c4ccccc4)cc3)cc2)OC1(C)C. The zero-order chi connectivity index (χ0) is 36.2. The van der Waals surface area contributed by atoms with Crippen LogP contribution in [-0.4, -0.2) is 22.9 Å². The molecule has 53 heavy (non-hydrogen) atoms. The summed E-state index contributed by atoms with van der Waals surface area (Å²) in [5.41, 5.74) is 11.7. The molecule has 5 heteroatoms. The molecule has 1 aromatic heterocycles. The summed E-state index contributed by atoms with van der Waals surface area (Å²) in [6, 6.07) is 62.9. The van der Waals surface area contributed by atoms with Crippen LogP contribution in [0.15, 0.2) is 176 Å². The molecular formula is C48H41BN2O2. The molecule has 0 aliphatic carbocycles. The summed E-state index contributed by atoms with van der Waals surface area (Å²) in [5, 5.41) is 2.49. The van der Waals surface area contributed by atoms with Gasteiger partial charge in [0.05, 0.1) is 22.2 Å². The highest BCUT2D eigenvalue weighted by Crippen LogP contribution is 2.40. The Morgan fingerprint density at radius 3 is 1.49 bits per heavy atom. The molecule has 0 radical (unpaired) electrons. The maximum atomic E-state index is 6.37. The fourth-order valence-corrected chi connectivity index (χ4v) is 7.45. The van der Waals surface area contributed by atoms with E-state index in [0.29, 0.717) is 0 Å². The van der Waals surface area contributed by atoms with Gasteiger partial charge in [-0.1, -0.05) is 109 Å². The van der Waals surface area contributed by atoms with E-state index in [1.54, 1.807) is 0 Å². The number of hydrogen-bond acceptors (Lipinski definition) is 3. The molecule has 0 atom stereocenters. The van der Waals surface area contributed by atoms with Crippen molar-refractivity contribution in [1.82, 2.24) is 4.57 Å². The molecule has 0 spiro atoms. The molecule has 0 saturated carbocycles. The zero-order valence-electron chi connectivity index (χ0n) is 30.5. The zero-order valence-corrected chi connectivity index (χ0v) is 30.5. The molecule has 0 unspecified atom stereocenters. The fraction of sp³-hybridized carbons (Fsp3) is 0.125. The number of rotatable bonds is 7. The summed E-state index contributed by atoms with van der Waals surface area (Å²) >= 11 is 0. The van der Waals surface area contributed by atoms with Crippen LogP contribution in [0.25, 0.3) is 49.7 Å². The Labute approximate surface area is 312 Å². The van der Waals surface area contributed by atoms with E-state index in [9.17, 15) is 0 Å². The maximum absolute atomic E-state index is 6.37. The smallest absolute Gasteiger partial charge is 0.399 e. The van der Waals surface area contributed by atoms with Gasteiger partial charge in [0.1, 0.15) is 0 Å².